The molecule has 0 N–H and O–H groups in total. The predicted molar refractivity (Wildman–Crippen MR) is 282 cm³/mol. The first-order valence-corrected chi connectivity index (χ1v) is 26.1. The summed E-state index contributed by atoms with van der Waals surface area (Å²) in [6.07, 6.45) is 24.9. The van der Waals surface area contributed by atoms with Gasteiger partial charge in [0.15, 0.2) is 0 Å². The third-order valence-electron chi connectivity index (χ3n) is 12.0. The topological polar surface area (TPSA) is 150 Å². The van der Waals surface area contributed by atoms with Crippen molar-refractivity contribution in [3.8, 4) is 34.5 Å². The monoisotopic (exact) mass is 997 g/mol. The second kappa shape index (κ2) is 33.4. The van der Waals surface area contributed by atoms with E-state index in [9.17, 15) is 24.0 Å². The van der Waals surface area contributed by atoms with Crippen LogP contribution in [0.1, 0.15) is 177 Å². The molecule has 12 nitrogen and oxygen atoms in total. The van der Waals surface area contributed by atoms with Gasteiger partial charge >= 0.3 is 29.8 Å². The van der Waals surface area contributed by atoms with Gasteiger partial charge in [-0.1, -0.05) is 129 Å². The molecule has 0 fully saturated rings. The Morgan fingerprint density at radius 3 is 0.973 bits per heavy atom. The second-order valence-electron chi connectivity index (χ2n) is 17.9. The van der Waals surface area contributed by atoms with Gasteiger partial charge in [0.05, 0.1) is 42.1 Å². The number of unbranched alkanes of at least 4 members (excludes halogenated alkanes) is 18. The third kappa shape index (κ3) is 22.4. The summed E-state index contributed by atoms with van der Waals surface area (Å²) >= 11 is 0. The van der Waals surface area contributed by atoms with Crippen LogP contribution in [0.2, 0.25) is 0 Å². The first kappa shape index (κ1) is 56.7. The highest BCUT2D eigenvalue weighted by Gasteiger charge is 2.16. The van der Waals surface area contributed by atoms with Crippen molar-refractivity contribution in [1.82, 2.24) is 0 Å². The number of carbonyl (C=O) groups is 5. The lowest BCUT2D eigenvalue weighted by Gasteiger charge is -2.09. The van der Waals surface area contributed by atoms with Crippen LogP contribution in [0.5, 0.6) is 34.5 Å². The van der Waals surface area contributed by atoms with Crippen LogP contribution in [-0.4, -0.2) is 49.7 Å². The van der Waals surface area contributed by atoms with Crippen molar-refractivity contribution >= 4 is 29.8 Å². The molecule has 73 heavy (non-hydrogen) atoms. The SMILES string of the molecule is C=CC(=O)OCCCCCCCCCCCCOc1ccc(C(=O)Oc2ccc(C(=O)Oc3cccc(OC(=O)c4ccc(OC(=O)c5ccc(OCCCCCCCCCCCC)cc5)cc4)c3)cc2)cc1. The quantitative estimate of drug-likeness (QED) is 0.0164. The van der Waals surface area contributed by atoms with Gasteiger partial charge in [0.25, 0.3) is 0 Å². The Morgan fingerprint density at radius 1 is 0.356 bits per heavy atom. The number of ether oxygens (including phenoxy) is 7. The van der Waals surface area contributed by atoms with Gasteiger partial charge in [-0.3, -0.25) is 0 Å². The van der Waals surface area contributed by atoms with Crippen LogP contribution in [0, 0.1) is 0 Å². The fraction of sp³-hybridized carbons (Fsp3) is 0.393. The van der Waals surface area contributed by atoms with Gasteiger partial charge in [0.2, 0.25) is 0 Å². The summed E-state index contributed by atoms with van der Waals surface area (Å²) < 4.78 is 38.9. The fourth-order valence-corrected chi connectivity index (χ4v) is 7.78. The highest BCUT2D eigenvalue weighted by atomic mass is 16.6. The lowest BCUT2D eigenvalue weighted by atomic mass is 10.1. The zero-order valence-corrected chi connectivity index (χ0v) is 42.5. The molecule has 0 aromatic heterocycles. The van der Waals surface area contributed by atoms with Gasteiger partial charge in [-0.05, 0) is 128 Å². The molecule has 0 spiro atoms. The lowest BCUT2D eigenvalue weighted by Crippen LogP contribution is -2.11. The van der Waals surface area contributed by atoms with E-state index in [1.165, 1.54) is 138 Å². The third-order valence-corrected chi connectivity index (χ3v) is 12.0. The smallest absolute Gasteiger partial charge is 0.343 e. The van der Waals surface area contributed by atoms with E-state index in [1.54, 1.807) is 66.7 Å². The van der Waals surface area contributed by atoms with E-state index in [0.717, 1.165) is 51.4 Å². The maximum atomic E-state index is 13.0. The number of benzene rings is 5. The molecule has 12 heteroatoms. The Kier molecular flexibility index (Phi) is 26.0. The summed E-state index contributed by atoms with van der Waals surface area (Å²) in [5.74, 6) is -0.629. The Balaban J connectivity index is 0.940. The first-order chi connectivity index (χ1) is 35.7. The van der Waals surface area contributed by atoms with E-state index in [1.807, 2.05) is 0 Å². The van der Waals surface area contributed by atoms with Crippen molar-refractivity contribution in [1.29, 1.82) is 0 Å². The minimum atomic E-state index is -0.670. The Hall–Kier alpha value is -7.21. The Morgan fingerprint density at radius 2 is 0.644 bits per heavy atom. The van der Waals surface area contributed by atoms with Gasteiger partial charge in [-0.25, -0.2) is 24.0 Å². The number of carbonyl (C=O) groups excluding carboxylic acids is 5. The number of rotatable bonds is 35. The van der Waals surface area contributed by atoms with Crippen LogP contribution in [0.4, 0.5) is 0 Å². The molecule has 0 amide bonds. The highest BCUT2D eigenvalue weighted by Crippen LogP contribution is 2.25. The van der Waals surface area contributed by atoms with Crippen LogP contribution in [0.25, 0.3) is 0 Å². The summed E-state index contributed by atoms with van der Waals surface area (Å²) in [6.45, 7) is 7.33. The summed E-state index contributed by atoms with van der Waals surface area (Å²) in [4.78, 5) is 62.7. The molecular weight excluding hydrogens is 925 g/mol. The largest absolute Gasteiger partial charge is 0.494 e. The predicted octanol–water partition coefficient (Wildman–Crippen LogP) is 14.9. The van der Waals surface area contributed by atoms with E-state index in [4.69, 9.17) is 33.2 Å². The molecule has 0 aliphatic rings. The molecule has 0 aliphatic carbocycles. The molecule has 0 aliphatic heterocycles. The number of hydrogen-bond donors (Lipinski definition) is 0. The highest BCUT2D eigenvalue weighted by molar-refractivity contribution is 5.94. The van der Waals surface area contributed by atoms with E-state index >= 15 is 0 Å². The van der Waals surface area contributed by atoms with Crippen molar-refractivity contribution in [3.05, 3.63) is 156 Å². The Bertz CT molecular complexity index is 2430. The van der Waals surface area contributed by atoms with Gasteiger partial charge in [-0.2, -0.15) is 0 Å². The molecule has 5 aromatic carbocycles. The van der Waals surface area contributed by atoms with Crippen molar-refractivity contribution in [2.75, 3.05) is 19.8 Å². The molecule has 0 heterocycles. The minimum Gasteiger partial charge on any atom is -0.494 e. The van der Waals surface area contributed by atoms with Crippen molar-refractivity contribution in [2.45, 2.75) is 135 Å². The van der Waals surface area contributed by atoms with E-state index in [2.05, 4.69) is 13.5 Å². The molecule has 5 rings (SSSR count). The summed E-state index contributed by atoms with van der Waals surface area (Å²) in [5, 5.41) is 0. The molecule has 0 radical (unpaired) electrons. The van der Waals surface area contributed by atoms with E-state index in [0.29, 0.717) is 42.4 Å². The van der Waals surface area contributed by atoms with E-state index < -0.39 is 23.9 Å². The van der Waals surface area contributed by atoms with Gasteiger partial charge in [0.1, 0.15) is 34.5 Å². The zero-order chi connectivity index (χ0) is 51.7. The summed E-state index contributed by atoms with van der Waals surface area (Å²) in [7, 11) is 0. The normalized spacial score (nSPS) is 10.8. The average Bonchev–Trinajstić information content (AvgIpc) is 3.41. The molecule has 0 bridgehead atoms. The van der Waals surface area contributed by atoms with Crippen molar-refractivity contribution < 1.29 is 57.1 Å². The lowest BCUT2D eigenvalue weighted by molar-refractivity contribution is -0.137. The molecule has 0 atom stereocenters. The van der Waals surface area contributed by atoms with Crippen LogP contribution < -0.4 is 28.4 Å². The maximum Gasteiger partial charge on any atom is 0.343 e. The van der Waals surface area contributed by atoms with Gasteiger partial charge in [-0.15, -0.1) is 0 Å². The van der Waals surface area contributed by atoms with Crippen LogP contribution >= 0.6 is 0 Å². The summed E-state index contributed by atoms with van der Waals surface area (Å²) in [6, 6.07) is 31.7. The van der Waals surface area contributed by atoms with Gasteiger partial charge in [0, 0.05) is 12.1 Å². The molecule has 0 saturated heterocycles. The number of esters is 5. The standard InChI is InChI=1S/C61H72O12/c1-3-5-6-7-8-9-12-15-18-21-43-67-51-35-27-47(28-36-51)58(63)70-53-39-31-49(32-40-53)60(65)72-55-25-24-26-56(46-55)73-61(66)50-33-41-54(42-34-50)71-59(64)48-29-37-52(38-30-48)68-44-22-19-16-13-10-11-14-17-20-23-45-69-57(62)4-2/h4,24-42,46H,2-3,5-23,43-45H2,1H3. The average molecular weight is 997 g/mol. The first-order valence-electron chi connectivity index (χ1n) is 26.1. The molecular formula is C61H72O12. The van der Waals surface area contributed by atoms with Crippen LogP contribution in [-0.2, 0) is 9.53 Å². The molecule has 388 valence electrons. The van der Waals surface area contributed by atoms with Crippen molar-refractivity contribution in [2.24, 2.45) is 0 Å². The maximum absolute atomic E-state index is 13.0. The zero-order valence-electron chi connectivity index (χ0n) is 42.5. The fourth-order valence-electron chi connectivity index (χ4n) is 7.78. The van der Waals surface area contributed by atoms with Gasteiger partial charge < -0.3 is 33.2 Å². The minimum absolute atomic E-state index is 0.145. The second-order valence-corrected chi connectivity index (χ2v) is 17.9. The van der Waals surface area contributed by atoms with Crippen molar-refractivity contribution in [3.63, 3.8) is 0 Å². The summed E-state index contributed by atoms with van der Waals surface area (Å²) in [5.41, 5.74) is 1.14. The molecule has 5 aromatic rings. The number of hydrogen-bond acceptors (Lipinski definition) is 12. The van der Waals surface area contributed by atoms with E-state index in [-0.39, 0.29) is 40.1 Å². The van der Waals surface area contributed by atoms with Crippen LogP contribution in [0.3, 0.4) is 0 Å². The van der Waals surface area contributed by atoms with Crippen LogP contribution in [0.15, 0.2) is 134 Å². The molecule has 0 saturated carbocycles. The Labute approximate surface area is 431 Å². The molecule has 0 unspecified atom stereocenters.